The van der Waals surface area contributed by atoms with Gasteiger partial charge in [-0.1, -0.05) is 0 Å². The maximum Gasteiger partial charge on any atom is 0.258 e. The molecule has 2 aromatic carbocycles. The number of Topliss-reactive ketones (excluding diaryl/α,β-unsaturated/α-hetero) is 1. The molecule has 0 spiro atoms. The molecule has 0 radical (unpaired) electrons. The molecule has 0 amide bonds. The van der Waals surface area contributed by atoms with Crippen molar-refractivity contribution in [2.45, 2.75) is 13.5 Å². The number of hydrogen-bond donors (Lipinski definition) is 0. The minimum absolute atomic E-state index is 0.0968. The fraction of sp³-hybridized carbons (Fsp3) is 0.200. The minimum Gasteiger partial charge on any atom is -0.454 e. The van der Waals surface area contributed by atoms with E-state index >= 15 is 0 Å². The van der Waals surface area contributed by atoms with Crippen molar-refractivity contribution in [1.82, 2.24) is 4.57 Å². The van der Waals surface area contributed by atoms with Crippen LogP contribution in [0.25, 0.3) is 10.8 Å². The van der Waals surface area contributed by atoms with Crippen LogP contribution in [0.3, 0.4) is 0 Å². The predicted molar refractivity (Wildman–Crippen MR) is 96.0 cm³/mol. The second kappa shape index (κ2) is 5.77. The van der Waals surface area contributed by atoms with E-state index in [9.17, 15) is 9.59 Å². The predicted octanol–water partition coefficient (Wildman–Crippen LogP) is 2.71. The van der Waals surface area contributed by atoms with Gasteiger partial charge in [0.25, 0.3) is 5.56 Å². The molecule has 2 aliphatic heterocycles. The van der Waals surface area contributed by atoms with Crippen molar-refractivity contribution in [2.24, 2.45) is 0 Å². The number of benzene rings is 2. The number of rotatable bonds is 3. The molecule has 0 unspecified atom stereocenters. The molecular weight excluding hydrogens is 350 g/mol. The molecule has 1 aromatic heterocycles. The molecule has 3 aromatic rings. The fourth-order valence-electron chi connectivity index (χ4n) is 3.49. The van der Waals surface area contributed by atoms with Crippen LogP contribution < -0.4 is 24.5 Å². The van der Waals surface area contributed by atoms with E-state index in [-0.39, 0.29) is 31.5 Å². The zero-order valence-electron chi connectivity index (χ0n) is 14.5. The quantitative estimate of drug-likeness (QED) is 0.665. The normalized spacial score (nSPS) is 14.0. The van der Waals surface area contributed by atoms with Crippen LogP contribution in [-0.4, -0.2) is 23.9 Å². The molecule has 7 nitrogen and oxygen atoms in total. The Kier molecular flexibility index (Phi) is 3.36. The lowest BCUT2D eigenvalue weighted by molar-refractivity contribution is 0.101. The maximum absolute atomic E-state index is 13.0. The van der Waals surface area contributed by atoms with Gasteiger partial charge in [0.1, 0.15) is 0 Å². The van der Waals surface area contributed by atoms with Crippen molar-refractivity contribution >= 4 is 16.6 Å². The number of nitrogens with zero attached hydrogens (tertiary/aromatic N) is 1. The van der Waals surface area contributed by atoms with E-state index in [4.69, 9.17) is 18.9 Å². The van der Waals surface area contributed by atoms with Gasteiger partial charge in [-0.3, -0.25) is 9.59 Å². The van der Waals surface area contributed by atoms with Crippen molar-refractivity contribution in [3.8, 4) is 23.0 Å². The molecule has 27 heavy (non-hydrogen) atoms. The van der Waals surface area contributed by atoms with E-state index in [1.807, 2.05) is 6.07 Å². The Morgan fingerprint density at radius 2 is 1.74 bits per heavy atom. The van der Waals surface area contributed by atoms with Crippen LogP contribution in [0.2, 0.25) is 0 Å². The summed E-state index contributed by atoms with van der Waals surface area (Å²) in [5, 5.41) is 1.29. The van der Waals surface area contributed by atoms with Gasteiger partial charge in [-0.25, -0.2) is 0 Å². The van der Waals surface area contributed by atoms with Crippen molar-refractivity contribution in [3.05, 3.63) is 58.0 Å². The van der Waals surface area contributed by atoms with E-state index < -0.39 is 0 Å². The molecule has 0 fully saturated rings. The van der Waals surface area contributed by atoms with E-state index in [0.717, 1.165) is 5.39 Å². The summed E-state index contributed by atoms with van der Waals surface area (Å²) in [6, 6.07) is 8.74. The maximum atomic E-state index is 13.0. The van der Waals surface area contributed by atoms with Gasteiger partial charge in [-0.05, 0) is 42.6 Å². The topological polar surface area (TPSA) is 76.0 Å². The van der Waals surface area contributed by atoms with E-state index in [0.29, 0.717) is 39.5 Å². The molecule has 3 heterocycles. The van der Waals surface area contributed by atoms with Gasteiger partial charge in [-0.15, -0.1) is 0 Å². The highest BCUT2D eigenvalue weighted by atomic mass is 16.7. The first-order chi connectivity index (χ1) is 13.1. The van der Waals surface area contributed by atoms with Crippen molar-refractivity contribution < 1.29 is 23.7 Å². The molecule has 0 atom stereocenters. The van der Waals surface area contributed by atoms with E-state index in [1.54, 1.807) is 35.0 Å². The first-order valence-corrected chi connectivity index (χ1v) is 8.47. The third-order valence-corrected chi connectivity index (χ3v) is 4.82. The summed E-state index contributed by atoms with van der Waals surface area (Å²) in [5.41, 5.74) is 0.966. The Labute approximate surface area is 153 Å². The van der Waals surface area contributed by atoms with Gasteiger partial charge < -0.3 is 23.5 Å². The van der Waals surface area contributed by atoms with Gasteiger partial charge in [0, 0.05) is 17.3 Å². The fourth-order valence-corrected chi connectivity index (χ4v) is 3.49. The average molecular weight is 365 g/mol. The largest absolute Gasteiger partial charge is 0.454 e. The van der Waals surface area contributed by atoms with Crippen molar-refractivity contribution in [3.63, 3.8) is 0 Å². The van der Waals surface area contributed by atoms with Crippen LogP contribution in [0.15, 0.2) is 41.3 Å². The summed E-state index contributed by atoms with van der Waals surface area (Å²) in [5.74, 6) is 2.18. The third kappa shape index (κ3) is 2.43. The Bertz CT molecular complexity index is 1160. The van der Waals surface area contributed by atoms with E-state index in [1.165, 1.54) is 6.92 Å². The Morgan fingerprint density at radius 1 is 1.00 bits per heavy atom. The highest BCUT2D eigenvalue weighted by Gasteiger charge is 2.23. The minimum atomic E-state index is -0.183. The van der Waals surface area contributed by atoms with Gasteiger partial charge in [-0.2, -0.15) is 0 Å². The summed E-state index contributed by atoms with van der Waals surface area (Å²) >= 11 is 0. The number of carbonyl (C=O) groups excluding carboxylic acids is 1. The Balaban J connectivity index is 1.65. The summed E-state index contributed by atoms with van der Waals surface area (Å²) in [6.45, 7) is 1.94. The zero-order chi connectivity index (χ0) is 18.5. The first kappa shape index (κ1) is 15.7. The molecule has 7 heteroatoms. The van der Waals surface area contributed by atoms with Crippen LogP contribution in [0.1, 0.15) is 22.8 Å². The summed E-state index contributed by atoms with van der Waals surface area (Å²) < 4.78 is 23.3. The van der Waals surface area contributed by atoms with Gasteiger partial charge in [0.2, 0.25) is 13.6 Å². The lowest BCUT2D eigenvalue weighted by Gasteiger charge is -2.13. The highest BCUT2D eigenvalue weighted by molar-refractivity contribution is 5.96. The first-order valence-electron chi connectivity index (χ1n) is 8.47. The number of hydrogen-bond acceptors (Lipinski definition) is 6. The molecular formula is C20H15NO6. The van der Waals surface area contributed by atoms with Crippen LogP contribution in [0.4, 0.5) is 0 Å². The zero-order valence-corrected chi connectivity index (χ0v) is 14.5. The molecule has 2 aliphatic rings. The summed E-state index contributed by atoms with van der Waals surface area (Å²) in [4.78, 5) is 25.1. The monoisotopic (exact) mass is 365 g/mol. The summed E-state index contributed by atoms with van der Waals surface area (Å²) in [7, 11) is 0. The molecule has 0 N–H and O–H groups in total. The second-order valence-electron chi connectivity index (χ2n) is 6.42. The number of ketones is 1. The number of fused-ring (bicyclic) bond motifs is 3. The molecule has 0 saturated carbocycles. The number of ether oxygens (including phenoxy) is 4. The SMILES string of the molecule is CC(=O)c1ccc2c(c1Cn1ccc3cc4c(cc3c1=O)OCO4)OCO2. The lowest BCUT2D eigenvalue weighted by atomic mass is 10.0. The molecule has 5 rings (SSSR count). The van der Waals surface area contributed by atoms with Crippen LogP contribution >= 0.6 is 0 Å². The Morgan fingerprint density at radius 3 is 2.56 bits per heavy atom. The number of aromatic nitrogens is 1. The van der Waals surface area contributed by atoms with Gasteiger partial charge in [0.15, 0.2) is 28.8 Å². The standard InChI is InChI=1S/C20H15NO6/c1-11(22)13-2-3-16-19(27-10-24-16)15(13)8-21-5-4-12-6-17-18(26-9-25-17)7-14(12)20(21)23/h2-7H,8-10H2,1H3. The molecule has 136 valence electrons. The van der Waals surface area contributed by atoms with Gasteiger partial charge in [0.05, 0.1) is 11.9 Å². The number of pyridine rings is 1. The number of carbonyl (C=O) groups is 1. The van der Waals surface area contributed by atoms with Crippen LogP contribution in [-0.2, 0) is 6.54 Å². The summed E-state index contributed by atoms with van der Waals surface area (Å²) in [6.07, 6.45) is 1.70. The molecule has 0 bridgehead atoms. The van der Waals surface area contributed by atoms with Crippen LogP contribution in [0.5, 0.6) is 23.0 Å². The van der Waals surface area contributed by atoms with Crippen molar-refractivity contribution in [2.75, 3.05) is 13.6 Å². The lowest BCUT2D eigenvalue weighted by Crippen LogP contribution is -2.21. The Hall–Kier alpha value is -3.48. The highest BCUT2D eigenvalue weighted by Crippen LogP contribution is 2.38. The smallest absolute Gasteiger partial charge is 0.258 e. The third-order valence-electron chi connectivity index (χ3n) is 4.82. The van der Waals surface area contributed by atoms with E-state index in [2.05, 4.69) is 0 Å². The van der Waals surface area contributed by atoms with Crippen LogP contribution in [0, 0.1) is 0 Å². The second-order valence-corrected chi connectivity index (χ2v) is 6.42. The van der Waals surface area contributed by atoms with Crippen molar-refractivity contribution in [1.29, 1.82) is 0 Å². The average Bonchev–Trinajstić information content (AvgIpc) is 3.31. The molecule has 0 saturated heterocycles. The van der Waals surface area contributed by atoms with Gasteiger partial charge >= 0.3 is 0 Å². The molecule has 0 aliphatic carbocycles.